The highest BCUT2D eigenvalue weighted by atomic mass is 35.5. The molecule has 1 N–H and O–H groups in total. The molecule has 0 atom stereocenters. The lowest BCUT2D eigenvalue weighted by molar-refractivity contribution is 0.308. The van der Waals surface area contributed by atoms with Crippen molar-refractivity contribution in [1.29, 1.82) is 0 Å². The fourth-order valence-corrected chi connectivity index (χ4v) is 4.43. The van der Waals surface area contributed by atoms with Crippen LogP contribution in [-0.2, 0) is 11.8 Å². The summed E-state index contributed by atoms with van der Waals surface area (Å²) in [4.78, 5) is 8.90. The van der Waals surface area contributed by atoms with Crippen LogP contribution in [0.3, 0.4) is 0 Å². The SMILES string of the molecule is Clc1nc2c(c(NCC3(c4ccccc4)CCCCC3)n1)C=CCC2. The molecular weight excluding hydrogens is 330 g/mol. The molecule has 0 bridgehead atoms. The Morgan fingerprint density at radius 3 is 2.64 bits per heavy atom. The second-order valence-electron chi connectivity index (χ2n) is 7.20. The van der Waals surface area contributed by atoms with Crippen molar-refractivity contribution in [1.82, 2.24) is 9.97 Å². The Kier molecular flexibility index (Phi) is 4.76. The summed E-state index contributed by atoms with van der Waals surface area (Å²) in [6, 6.07) is 10.9. The number of halogens is 1. The van der Waals surface area contributed by atoms with Gasteiger partial charge in [-0.05, 0) is 42.8 Å². The number of fused-ring (bicyclic) bond motifs is 1. The average molecular weight is 354 g/mol. The van der Waals surface area contributed by atoms with Crippen LogP contribution < -0.4 is 5.32 Å². The minimum Gasteiger partial charge on any atom is -0.369 e. The molecule has 0 saturated heterocycles. The van der Waals surface area contributed by atoms with Crippen LogP contribution >= 0.6 is 11.6 Å². The maximum atomic E-state index is 6.17. The summed E-state index contributed by atoms with van der Waals surface area (Å²) in [5, 5.41) is 3.98. The molecule has 1 aromatic heterocycles. The maximum absolute atomic E-state index is 6.17. The Hall–Kier alpha value is -1.87. The van der Waals surface area contributed by atoms with Gasteiger partial charge in [-0.3, -0.25) is 0 Å². The highest BCUT2D eigenvalue weighted by Crippen LogP contribution is 2.40. The summed E-state index contributed by atoms with van der Waals surface area (Å²) in [5.41, 5.74) is 3.78. The van der Waals surface area contributed by atoms with Crippen molar-refractivity contribution < 1.29 is 0 Å². The van der Waals surface area contributed by atoms with Gasteiger partial charge >= 0.3 is 0 Å². The van der Waals surface area contributed by atoms with Gasteiger partial charge in [-0.15, -0.1) is 0 Å². The number of nitrogens with zero attached hydrogens (tertiary/aromatic N) is 2. The van der Waals surface area contributed by atoms with E-state index >= 15 is 0 Å². The van der Waals surface area contributed by atoms with Gasteiger partial charge in [0.2, 0.25) is 5.28 Å². The second-order valence-corrected chi connectivity index (χ2v) is 7.54. The minimum absolute atomic E-state index is 0.183. The number of nitrogens with one attached hydrogen (secondary N) is 1. The zero-order chi connectivity index (χ0) is 17.1. The van der Waals surface area contributed by atoms with Crippen molar-refractivity contribution in [3.63, 3.8) is 0 Å². The van der Waals surface area contributed by atoms with E-state index in [1.807, 2.05) is 0 Å². The Balaban J connectivity index is 1.63. The Bertz CT molecular complexity index is 764. The Morgan fingerprint density at radius 2 is 1.84 bits per heavy atom. The largest absolute Gasteiger partial charge is 0.369 e. The zero-order valence-corrected chi connectivity index (χ0v) is 15.2. The van der Waals surface area contributed by atoms with Gasteiger partial charge in [0.1, 0.15) is 5.82 Å². The third-order valence-electron chi connectivity index (χ3n) is 5.62. The molecule has 0 unspecified atom stereocenters. The van der Waals surface area contributed by atoms with Gasteiger partial charge in [0, 0.05) is 17.5 Å². The predicted molar refractivity (Wildman–Crippen MR) is 104 cm³/mol. The first kappa shape index (κ1) is 16.6. The highest BCUT2D eigenvalue weighted by Gasteiger charge is 2.34. The molecular formula is C21H24ClN3. The second kappa shape index (κ2) is 7.17. The van der Waals surface area contributed by atoms with Gasteiger partial charge in [-0.1, -0.05) is 61.7 Å². The zero-order valence-electron chi connectivity index (χ0n) is 14.5. The number of rotatable bonds is 4. The molecule has 0 amide bonds. The monoisotopic (exact) mass is 353 g/mol. The van der Waals surface area contributed by atoms with Crippen LogP contribution in [0.1, 0.15) is 55.3 Å². The van der Waals surface area contributed by atoms with Gasteiger partial charge in [0.15, 0.2) is 0 Å². The number of hydrogen-bond acceptors (Lipinski definition) is 3. The molecule has 1 aromatic carbocycles. The van der Waals surface area contributed by atoms with E-state index < -0.39 is 0 Å². The molecule has 0 radical (unpaired) electrons. The molecule has 2 aliphatic rings. The van der Waals surface area contributed by atoms with E-state index in [1.165, 1.54) is 37.7 Å². The van der Waals surface area contributed by atoms with Crippen LogP contribution in [0.2, 0.25) is 5.28 Å². The molecule has 4 rings (SSSR count). The topological polar surface area (TPSA) is 37.8 Å². The number of benzene rings is 1. The third-order valence-corrected chi connectivity index (χ3v) is 5.79. The smallest absolute Gasteiger partial charge is 0.224 e. The van der Waals surface area contributed by atoms with E-state index in [4.69, 9.17) is 11.6 Å². The third kappa shape index (κ3) is 3.43. The van der Waals surface area contributed by atoms with Crippen LogP contribution in [0.4, 0.5) is 5.82 Å². The molecule has 1 saturated carbocycles. The van der Waals surface area contributed by atoms with E-state index in [-0.39, 0.29) is 5.41 Å². The van der Waals surface area contributed by atoms with Crippen molar-refractivity contribution >= 4 is 23.5 Å². The number of allylic oxidation sites excluding steroid dienone is 1. The molecule has 3 nitrogen and oxygen atoms in total. The summed E-state index contributed by atoms with van der Waals surface area (Å²) < 4.78 is 0. The standard InChI is InChI=1S/C21H24ClN3/c22-20-24-18-12-6-5-11-17(18)19(25-20)23-15-21(13-7-2-8-14-21)16-9-3-1-4-10-16/h1,3-5,9-11H,2,6-8,12-15H2,(H,23,24,25). The lowest BCUT2D eigenvalue weighted by atomic mass is 9.69. The van der Waals surface area contributed by atoms with Crippen molar-refractivity contribution in [2.45, 2.75) is 50.4 Å². The van der Waals surface area contributed by atoms with Crippen LogP contribution in [0, 0.1) is 0 Å². The lowest BCUT2D eigenvalue weighted by Gasteiger charge is -2.38. The van der Waals surface area contributed by atoms with E-state index in [2.05, 4.69) is 57.8 Å². The van der Waals surface area contributed by atoms with Gasteiger partial charge in [0.05, 0.1) is 5.69 Å². The molecule has 2 aliphatic carbocycles. The fraction of sp³-hybridized carbons (Fsp3) is 0.429. The lowest BCUT2D eigenvalue weighted by Crippen LogP contribution is -2.37. The highest BCUT2D eigenvalue weighted by molar-refractivity contribution is 6.28. The van der Waals surface area contributed by atoms with E-state index in [0.29, 0.717) is 5.28 Å². The molecule has 25 heavy (non-hydrogen) atoms. The van der Waals surface area contributed by atoms with E-state index in [0.717, 1.165) is 36.5 Å². The van der Waals surface area contributed by atoms with Crippen LogP contribution in [0.5, 0.6) is 0 Å². The molecule has 0 aliphatic heterocycles. The van der Waals surface area contributed by atoms with Crippen LogP contribution in [-0.4, -0.2) is 16.5 Å². The van der Waals surface area contributed by atoms with Crippen LogP contribution in [0.25, 0.3) is 6.08 Å². The summed E-state index contributed by atoms with van der Waals surface area (Å²) in [7, 11) is 0. The molecule has 130 valence electrons. The number of anilines is 1. The predicted octanol–water partition coefficient (Wildman–Crippen LogP) is 5.40. The number of hydrogen-bond donors (Lipinski definition) is 1. The quantitative estimate of drug-likeness (QED) is 0.747. The summed E-state index contributed by atoms with van der Waals surface area (Å²) in [6.45, 7) is 0.893. The molecule has 1 fully saturated rings. The first-order chi connectivity index (χ1) is 12.3. The van der Waals surface area contributed by atoms with Crippen molar-refractivity contribution in [3.05, 3.63) is 58.5 Å². The molecule has 0 spiro atoms. The minimum atomic E-state index is 0.183. The molecule has 4 heteroatoms. The first-order valence-electron chi connectivity index (χ1n) is 9.29. The van der Waals surface area contributed by atoms with Crippen molar-refractivity contribution in [3.8, 4) is 0 Å². The van der Waals surface area contributed by atoms with E-state index in [1.54, 1.807) is 0 Å². The van der Waals surface area contributed by atoms with Gasteiger partial charge in [-0.2, -0.15) is 0 Å². The summed E-state index contributed by atoms with van der Waals surface area (Å²) in [6.07, 6.45) is 12.7. The van der Waals surface area contributed by atoms with Crippen molar-refractivity contribution in [2.24, 2.45) is 0 Å². The fourth-order valence-electron chi connectivity index (χ4n) is 4.25. The Labute approximate surface area is 154 Å². The number of aryl methyl sites for hydroxylation is 1. The maximum Gasteiger partial charge on any atom is 0.224 e. The van der Waals surface area contributed by atoms with Crippen molar-refractivity contribution in [2.75, 3.05) is 11.9 Å². The Morgan fingerprint density at radius 1 is 1.04 bits per heavy atom. The average Bonchev–Trinajstić information content (AvgIpc) is 2.67. The van der Waals surface area contributed by atoms with E-state index in [9.17, 15) is 0 Å². The molecule has 2 aromatic rings. The van der Waals surface area contributed by atoms with Crippen LogP contribution in [0.15, 0.2) is 36.4 Å². The molecule has 1 heterocycles. The summed E-state index contributed by atoms with van der Waals surface area (Å²) in [5.74, 6) is 0.881. The van der Waals surface area contributed by atoms with Gasteiger partial charge in [0.25, 0.3) is 0 Å². The normalized spacial score (nSPS) is 18.6. The first-order valence-corrected chi connectivity index (χ1v) is 9.67. The van der Waals surface area contributed by atoms with Gasteiger partial charge in [-0.25, -0.2) is 9.97 Å². The summed E-state index contributed by atoms with van der Waals surface area (Å²) >= 11 is 6.17. The van der Waals surface area contributed by atoms with Gasteiger partial charge < -0.3 is 5.32 Å². The number of aromatic nitrogens is 2.